The van der Waals surface area contributed by atoms with Gasteiger partial charge in [-0.2, -0.15) is 4.98 Å². The number of rotatable bonds is 14. The van der Waals surface area contributed by atoms with Crippen molar-refractivity contribution < 1.29 is 30.0 Å². The van der Waals surface area contributed by atoms with Gasteiger partial charge in [-0.05, 0) is 110 Å². The minimum absolute atomic E-state index is 0.00981. The lowest BCUT2D eigenvalue weighted by Crippen LogP contribution is -2.47. The molecule has 0 radical (unpaired) electrons. The molecule has 10 rings (SSSR count). The van der Waals surface area contributed by atoms with Gasteiger partial charge in [0.15, 0.2) is 5.82 Å². The van der Waals surface area contributed by atoms with E-state index < -0.39 is 0 Å². The van der Waals surface area contributed by atoms with E-state index in [1.807, 2.05) is 55.1 Å². The SMILES string of the molecule is CC(C)c1cc(-c2nnc(O)n2-c2ccc(CC3CCN(CC4CCN(C(=O)CCNc5nc6c(c(N7CCN(C=O)CC7)n5)CCN(c5cc(O)cc7ccccc57)C6)CC4)CC3)cc2)c(O)cc1O. The first-order chi connectivity index (χ1) is 34.5. The fourth-order valence-corrected chi connectivity index (χ4v) is 11.1. The van der Waals surface area contributed by atoms with E-state index >= 15 is 0 Å². The second-order valence-electron chi connectivity index (χ2n) is 20.1. The first-order valence-electron chi connectivity index (χ1n) is 25.3. The molecule has 0 saturated carbocycles. The lowest BCUT2D eigenvalue weighted by atomic mass is 9.89. The molecule has 3 saturated heterocycles. The van der Waals surface area contributed by atoms with Crippen molar-refractivity contribution >= 4 is 40.5 Å². The molecule has 3 fully saturated rings. The van der Waals surface area contributed by atoms with E-state index in [0.29, 0.717) is 80.3 Å². The molecule has 4 aliphatic heterocycles. The Morgan fingerprint density at radius 2 is 1.54 bits per heavy atom. The Bertz CT molecular complexity index is 2870. The molecular weight excluding hydrogens is 899 g/mol. The Balaban J connectivity index is 0.694. The number of hydrogen-bond donors (Lipinski definition) is 5. The van der Waals surface area contributed by atoms with Crippen LogP contribution >= 0.6 is 0 Å². The zero-order valence-corrected chi connectivity index (χ0v) is 40.8. The van der Waals surface area contributed by atoms with Crippen molar-refractivity contribution in [2.45, 2.75) is 71.3 Å². The minimum Gasteiger partial charge on any atom is -0.508 e. The van der Waals surface area contributed by atoms with Crippen LogP contribution < -0.4 is 15.1 Å². The van der Waals surface area contributed by atoms with Gasteiger partial charge in [-0.3, -0.25) is 9.59 Å². The monoisotopic (exact) mass is 964 g/mol. The number of aromatic nitrogens is 5. The summed E-state index contributed by atoms with van der Waals surface area (Å²) in [6.07, 6.45) is 7.23. The van der Waals surface area contributed by atoms with Crippen molar-refractivity contribution in [3.05, 3.63) is 95.2 Å². The minimum atomic E-state index is -0.283. The van der Waals surface area contributed by atoms with Gasteiger partial charge in [0.1, 0.15) is 23.1 Å². The predicted molar refractivity (Wildman–Crippen MR) is 273 cm³/mol. The van der Waals surface area contributed by atoms with Gasteiger partial charge in [0.25, 0.3) is 0 Å². The molecule has 0 spiro atoms. The van der Waals surface area contributed by atoms with Crippen LogP contribution in [0.15, 0.2) is 72.8 Å². The molecule has 17 nitrogen and oxygen atoms in total. The number of aromatic hydroxyl groups is 4. The van der Waals surface area contributed by atoms with Crippen molar-refractivity contribution in [1.29, 1.82) is 0 Å². The van der Waals surface area contributed by atoms with Crippen LogP contribution in [0.4, 0.5) is 17.5 Å². The highest BCUT2D eigenvalue weighted by Gasteiger charge is 2.30. The van der Waals surface area contributed by atoms with Crippen LogP contribution in [0.25, 0.3) is 27.8 Å². The number of piperazine rings is 1. The fourth-order valence-electron chi connectivity index (χ4n) is 11.1. The Morgan fingerprint density at radius 1 is 0.789 bits per heavy atom. The number of amides is 2. The number of phenolic OH excluding ortho intramolecular Hbond substituents is 3. The molecule has 2 amide bonds. The van der Waals surface area contributed by atoms with Crippen LogP contribution in [0.2, 0.25) is 0 Å². The number of phenols is 3. The standard InChI is InChI=1S/C54H65N11O6/c1-35(2)44-30-45(49(69)31-48(44)68)52-58-59-54(71)65(52)40-9-7-36(8-10-40)27-37-12-18-60(19-13-37)32-38-14-20-62(21-15-38)50(70)11-17-55-53-56-46-33-64(47-29-41(67)28-39-5-3-4-6-42(39)47)22-16-43(46)51(57-53)63-25-23-61(34-66)24-26-63/h3-10,28-31,34-35,37-38,67-69H,11-27,32-33H2,1-2H3,(H,59,71)(H,55,56,57). The number of nitrogens with zero attached hydrogens (tertiary/aromatic N) is 10. The van der Waals surface area contributed by atoms with Crippen LogP contribution in [0.1, 0.15) is 74.3 Å². The van der Waals surface area contributed by atoms with E-state index in [4.69, 9.17) is 9.97 Å². The zero-order valence-electron chi connectivity index (χ0n) is 40.8. The Labute approximate surface area is 414 Å². The third-order valence-electron chi connectivity index (χ3n) is 15.2. The number of hydrogen-bond acceptors (Lipinski definition) is 14. The molecule has 4 aliphatic rings. The van der Waals surface area contributed by atoms with Crippen LogP contribution in [0.5, 0.6) is 23.3 Å². The van der Waals surface area contributed by atoms with E-state index in [1.54, 1.807) is 17.0 Å². The highest BCUT2D eigenvalue weighted by molar-refractivity contribution is 5.95. The lowest BCUT2D eigenvalue weighted by molar-refractivity contribution is -0.132. The molecule has 6 aromatic rings. The smallest absolute Gasteiger partial charge is 0.319 e. The summed E-state index contributed by atoms with van der Waals surface area (Å²) in [4.78, 5) is 46.1. The first kappa shape index (κ1) is 47.5. The Morgan fingerprint density at radius 3 is 2.28 bits per heavy atom. The van der Waals surface area contributed by atoms with E-state index in [2.05, 4.69) is 48.4 Å². The lowest BCUT2D eigenvalue weighted by Gasteiger charge is -2.38. The van der Waals surface area contributed by atoms with E-state index in [-0.39, 0.29) is 40.9 Å². The summed E-state index contributed by atoms with van der Waals surface area (Å²) >= 11 is 0. The molecule has 372 valence electrons. The maximum Gasteiger partial charge on any atom is 0.319 e. The number of nitrogens with one attached hydrogen (secondary N) is 1. The molecule has 4 aromatic carbocycles. The summed E-state index contributed by atoms with van der Waals surface area (Å²) < 4.78 is 1.51. The van der Waals surface area contributed by atoms with E-state index in [0.717, 1.165) is 118 Å². The van der Waals surface area contributed by atoms with Gasteiger partial charge in [-0.1, -0.05) is 55.3 Å². The van der Waals surface area contributed by atoms with Crippen LogP contribution in [0.3, 0.4) is 0 Å². The summed E-state index contributed by atoms with van der Waals surface area (Å²) in [5.74, 6) is 3.08. The number of anilines is 3. The van der Waals surface area contributed by atoms with Crippen molar-refractivity contribution in [3.63, 3.8) is 0 Å². The summed E-state index contributed by atoms with van der Waals surface area (Å²) in [5, 5.41) is 55.9. The highest BCUT2D eigenvalue weighted by Crippen LogP contribution is 2.40. The average molecular weight is 964 g/mol. The number of piperidine rings is 2. The van der Waals surface area contributed by atoms with Gasteiger partial charge in [-0.25, -0.2) is 9.55 Å². The highest BCUT2D eigenvalue weighted by atomic mass is 16.3. The largest absolute Gasteiger partial charge is 0.508 e. The summed E-state index contributed by atoms with van der Waals surface area (Å²) in [7, 11) is 0. The van der Waals surface area contributed by atoms with Gasteiger partial charge in [0.05, 0.1) is 23.5 Å². The summed E-state index contributed by atoms with van der Waals surface area (Å²) in [6, 6.07) is 22.5. The molecule has 71 heavy (non-hydrogen) atoms. The topological polar surface area (TPSA) is 200 Å². The molecule has 17 heteroatoms. The third kappa shape index (κ3) is 10.4. The van der Waals surface area contributed by atoms with Crippen molar-refractivity contribution in [2.24, 2.45) is 11.8 Å². The molecular formula is C54H65N11O6. The van der Waals surface area contributed by atoms with Gasteiger partial charge in [0, 0.05) is 94.1 Å². The normalized spacial score (nSPS) is 17.3. The summed E-state index contributed by atoms with van der Waals surface area (Å²) in [5.41, 5.74) is 5.95. The number of carbonyl (C=O) groups is 2. The molecule has 2 aromatic heterocycles. The molecule has 0 unspecified atom stereocenters. The molecule has 0 bridgehead atoms. The average Bonchev–Trinajstić information content (AvgIpc) is 3.76. The fraction of sp³-hybridized carbons (Fsp3) is 0.444. The van der Waals surface area contributed by atoms with Crippen molar-refractivity contribution in [1.82, 2.24) is 39.4 Å². The van der Waals surface area contributed by atoms with Crippen LogP contribution in [-0.2, 0) is 29.0 Å². The maximum absolute atomic E-state index is 13.6. The zero-order chi connectivity index (χ0) is 49.2. The molecule has 5 N–H and O–H groups in total. The molecule has 6 heterocycles. The first-order valence-corrected chi connectivity index (χ1v) is 25.3. The number of fused-ring (bicyclic) bond motifs is 2. The van der Waals surface area contributed by atoms with Crippen molar-refractivity contribution in [3.8, 4) is 40.3 Å². The maximum atomic E-state index is 13.6. The Kier molecular flexibility index (Phi) is 13.8. The van der Waals surface area contributed by atoms with E-state index in [9.17, 15) is 30.0 Å². The van der Waals surface area contributed by atoms with Crippen molar-refractivity contribution in [2.75, 3.05) is 87.1 Å². The molecule has 0 atom stereocenters. The third-order valence-corrected chi connectivity index (χ3v) is 15.2. The number of carbonyl (C=O) groups excluding carboxylic acids is 2. The Hall–Kier alpha value is -7.14. The van der Waals surface area contributed by atoms with Crippen LogP contribution in [0, 0.1) is 11.8 Å². The molecule has 0 aliphatic carbocycles. The second-order valence-corrected chi connectivity index (χ2v) is 20.1. The van der Waals surface area contributed by atoms with Crippen LogP contribution in [-0.4, -0.2) is 144 Å². The quantitative estimate of drug-likeness (QED) is 0.0727. The van der Waals surface area contributed by atoms with Gasteiger partial charge in [0.2, 0.25) is 18.3 Å². The number of likely N-dealkylation sites (tertiary alicyclic amines) is 2. The van der Waals surface area contributed by atoms with Gasteiger partial charge >= 0.3 is 6.01 Å². The second kappa shape index (κ2) is 20.7. The van der Waals surface area contributed by atoms with Gasteiger partial charge < -0.3 is 50.2 Å². The summed E-state index contributed by atoms with van der Waals surface area (Å²) in [6.45, 7) is 13.0. The van der Waals surface area contributed by atoms with E-state index in [1.165, 1.54) is 16.2 Å². The number of benzene rings is 4. The predicted octanol–water partition coefficient (Wildman–Crippen LogP) is 6.66. The van der Waals surface area contributed by atoms with Gasteiger partial charge in [-0.15, -0.1) is 5.10 Å².